The van der Waals surface area contributed by atoms with Gasteiger partial charge in [0, 0.05) is 36.9 Å². The lowest BCUT2D eigenvalue weighted by molar-refractivity contribution is -0.134. The van der Waals surface area contributed by atoms with Crippen molar-refractivity contribution in [3.8, 4) is 0 Å². The molecule has 0 aliphatic heterocycles. The molecule has 0 aliphatic rings. The molecule has 10 nitrogen and oxygen atoms in total. The number of imidazole rings is 1. The highest BCUT2D eigenvalue weighted by molar-refractivity contribution is 5.93. The molecule has 2 aromatic carbocycles. The van der Waals surface area contributed by atoms with E-state index in [2.05, 4.69) is 20.9 Å². The van der Waals surface area contributed by atoms with Gasteiger partial charge in [0.05, 0.1) is 12.8 Å². The molecule has 0 unspecified atom stereocenters. The van der Waals surface area contributed by atoms with Crippen LogP contribution in [0.1, 0.15) is 44.5 Å². The van der Waals surface area contributed by atoms with Gasteiger partial charge in [0.1, 0.15) is 18.4 Å². The molecule has 0 saturated heterocycles. The second-order valence-electron chi connectivity index (χ2n) is 11.1. The molecule has 3 N–H and O–H groups in total. The zero-order valence-corrected chi connectivity index (χ0v) is 24.2. The van der Waals surface area contributed by atoms with Gasteiger partial charge in [-0.25, -0.2) is 14.3 Å². The maximum Gasteiger partial charge on any atom is 0.418 e. The van der Waals surface area contributed by atoms with Gasteiger partial charge in [-0.1, -0.05) is 81.4 Å². The fraction of sp³-hybridized carbons (Fsp3) is 0.387. The fourth-order valence-corrected chi connectivity index (χ4v) is 4.15. The van der Waals surface area contributed by atoms with E-state index in [9.17, 15) is 19.2 Å². The quantitative estimate of drug-likeness (QED) is 0.330. The summed E-state index contributed by atoms with van der Waals surface area (Å²) in [4.78, 5) is 55.9. The highest BCUT2D eigenvalue weighted by Gasteiger charge is 2.31. The molecule has 0 saturated carbocycles. The summed E-state index contributed by atoms with van der Waals surface area (Å²) in [7, 11) is 1.28. The minimum Gasteiger partial charge on any atom is -0.452 e. The number of ether oxygens (including phenoxy) is 1. The Kier molecular flexibility index (Phi) is 10.8. The van der Waals surface area contributed by atoms with Gasteiger partial charge in [-0.15, -0.1) is 0 Å². The molecule has 0 aliphatic carbocycles. The third-order valence-electron chi connectivity index (χ3n) is 6.43. The first-order valence-electron chi connectivity index (χ1n) is 13.6. The number of carbonyl (C=O) groups excluding carboxylic acids is 4. The number of methoxy groups -OCH3 is 1. The van der Waals surface area contributed by atoms with Gasteiger partial charge in [0.15, 0.2) is 0 Å². The molecule has 1 aromatic heterocycles. The lowest BCUT2D eigenvalue weighted by Gasteiger charge is -2.27. The van der Waals surface area contributed by atoms with E-state index in [-0.39, 0.29) is 30.7 Å². The van der Waals surface area contributed by atoms with Crippen molar-refractivity contribution < 1.29 is 23.9 Å². The number of aromatic nitrogens is 2. The molecule has 0 fully saturated rings. The summed E-state index contributed by atoms with van der Waals surface area (Å²) in [5.41, 5.74) is 1.65. The number of rotatable bonds is 11. The average molecular weight is 562 g/mol. The Bertz CT molecular complexity index is 1320. The summed E-state index contributed by atoms with van der Waals surface area (Å²) in [6.45, 7) is 7.15. The molecule has 10 heteroatoms. The summed E-state index contributed by atoms with van der Waals surface area (Å²) in [5, 5.41) is 8.72. The van der Waals surface area contributed by atoms with Gasteiger partial charge in [-0.3, -0.25) is 14.4 Å². The van der Waals surface area contributed by atoms with Gasteiger partial charge >= 0.3 is 6.09 Å². The Balaban J connectivity index is 1.77. The Labute approximate surface area is 240 Å². The highest BCUT2D eigenvalue weighted by Crippen LogP contribution is 2.14. The van der Waals surface area contributed by atoms with Crippen LogP contribution in [0.2, 0.25) is 0 Å². The Morgan fingerprint density at radius 3 is 1.83 bits per heavy atom. The Hall–Kier alpha value is -4.47. The maximum atomic E-state index is 13.6. The molecule has 0 spiro atoms. The van der Waals surface area contributed by atoms with Crippen molar-refractivity contribution in [3.63, 3.8) is 0 Å². The van der Waals surface area contributed by atoms with Gasteiger partial charge in [0.25, 0.3) is 0 Å². The summed E-state index contributed by atoms with van der Waals surface area (Å²) < 4.78 is 5.91. The summed E-state index contributed by atoms with van der Waals surface area (Å²) in [6, 6.07) is 16.7. The monoisotopic (exact) mass is 561 g/mol. The maximum absolute atomic E-state index is 13.6. The van der Waals surface area contributed by atoms with Crippen LogP contribution in [0.15, 0.2) is 73.2 Å². The zero-order chi connectivity index (χ0) is 30.0. The number of hydrogen-bond acceptors (Lipinski definition) is 6. The van der Waals surface area contributed by atoms with Crippen molar-refractivity contribution in [2.45, 2.75) is 65.1 Å². The molecule has 41 heavy (non-hydrogen) atoms. The van der Waals surface area contributed by atoms with Crippen molar-refractivity contribution in [1.82, 2.24) is 25.5 Å². The van der Waals surface area contributed by atoms with E-state index in [1.807, 2.05) is 67.6 Å². The van der Waals surface area contributed by atoms with Crippen LogP contribution in [-0.4, -0.2) is 58.6 Å². The normalized spacial score (nSPS) is 13.4. The standard InChI is InChI=1S/C31H39N5O5/c1-21(16-24-19-36(20-32-24)30(40)41-5)33-27(37)25(17-22-12-8-6-9-13-22)34-28(38)26(35-29(39)31(2,3)4)18-23-14-10-7-11-15-23/h6-15,19-21,25-26H,16-18H2,1-5H3,(H,33,37)(H,34,38)(H,35,39)/t21-,25+,26+/m1/s1. The summed E-state index contributed by atoms with van der Waals surface area (Å²) in [6.07, 6.45) is 3.23. The van der Waals surface area contributed by atoms with Crippen LogP contribution in [-0.2, 0) is 38.4 Å². The zero-order valence-electron chi connectivity index (χ0n) is 24.2. The van der Waals surface area contributed by atoms with Crippen LogP contribution >= 0.6 is 0 Å². The Morgan fingerprint density at radius 1 is 0.805 bits per heavy atom. The van der Waals surface area contributed by atoms with Crippen molar-refractivity contribution in [3.05, 3.63) is 90.0 Å². The first-order valence-corrected chi connectivity index (χ1v) is 13.6. The molecule has 1 heterocycles. The predicted molar refractivity (Wildman–Crippen MR) is 155 cm³/mol. The first kappa shape index (κ1) is 31.1. The van der Waals surface area contributed by atoms with Crippen molar-refractivity contribution in [2.24, 2.45) is 5.41 Å². The number of nitrogens with one attached hydrogen (secondary N) is 3. The highest BCUT2D eigenvalue weighted by atomic mass is 16.5. The topological polar surface area (TPSA) is 131 Å². The molecule has 0 bridgehead atoms. The largest absolute Gasteiger partial charge is 0.452 e. The van der Waals surface area contributed by atoms with Gasteiger partial charge in [0.2, 0.25) is 17.7 Å². The molecule has 218 valence electrons. The molecule has 3 amide bonds. The fourth-order valence-electron chi connectivity index (χ4n) is 4.15. The number of nitrogens with zero attached hydrogens (tertiary/aromatic N) is 2. The van der Waals surface area contributed by atoms with Crippen LogP contribution < -0.4 is 16.0 Å². The second-order valence-corrected chi connectivity index (χ2v) is 11.1. The lowest BCUT2D eigenvalue weighted by Crippen LogP contribution is -2.57. The number of benzene rings is 2. The average Bonchev–Trinajstić information content (AvgIpc) is 3.40. The second kappa shape index (κ2) is 14.2. The SMILES string of the molecule is COC(=O)n1cnc(C[C@@H](C)NC(=O)[C@H](Cc2ccccc2)NC(=O)[C@H](Cc2ccccc2)NC(=O)C(C)(C)C)c1. The van der Waals surface area contributed by atoms with Crippen molar-refractivity contribution in [1.29, 1.82) is 0 Å². The minimum absolute atomic E-state index is 0.257. The molecule has 3 rings (SSSR count). The Morgan fingerprint density at radius 2 is 1.32 bits per heavy atom. The number of carbonyl (C=O) groups is 4. The van der Waals surface area contributed by atoms with Crippen molar-refractivity contribution >= 4 is 23.8 Å². The van der Waals surface area contributed by atoms with E-state index in [1.54, 1.807) is 27.0 Å². The third kappa shape index (κ3) is 9.59. The molecular formula is C31H39N5O5. The van der Waals surface area contributed by atoms with E-state index >= 15 is 0 Å². The third-order valence-corrected chi connectivity index (χ3v) is 6.43. The van der Waals surface area contributed by atoms with Crippen LogP contribution in [0.25, 0.3) is 0 Å². The molecular weight excluding hydrogens is 522 g/mol. The number of hydrogen-bond donors (Lipinski definition) is 3. The number of amides is 3. The lowest BCUT2D eigenvalue weighted by atomic mass is 9.94. The summed E-state index contributed by atoms with van der Waals surface area (Å²) >= 11 is 0. The van der Waals surface area contributed by atoms with E-state index in [4.69, 9.17) is 4.74 Å². The smallest absolute Gasteiger partial charge is 0.418 e. The van der Waals surface area contributed by atoms with Gasteiger partial charge in [-0.2, -0.15) is 0 Å². The van der Waals surface area contributed by atoms with Crippen LogP contribution in [0.5, 0.6) is 0 Å². The van der Waals surface area contributed by atoms with Crippen LogP contribution in [0, 0.1) is 5.41 Å². The van der Waals surface area contributed by atoms with E-state index in [0.29, 0.717) is 12.1 Å². The van der Waals surface area contributed by atoms with Gasteiger partial charge < -0.3 is 20.7 Å². The molecule has 0 radical (unpaired) electrons. The van der Waals surface area contributed by atoms with Crippen LogP contribution in [0.4, 0.5) is 4.79 Å². The van der Waals surface area contributed by atoms with E-state index in [0.717, 1.165) is 11.1 Å². The van der Waals surface area contributed by atoms with E-state index in [1.165, 1.54) is 18.0 Å². The van der Waals surface area contributed by atoms with E-state index < -0.39 is 29.5 Å². The summed E-state index contributed by atoms with van der Waals surface area (Å²) in [5.74, 6) is -1.09. The van der Waals surface area contributed by atoms with Gasteiger partial charge in [-0.05, 0) is 18.1 Å². The first-order chi connectivity index (χ1) is 19.5. The molecule has 3 aromatic rings. The predicted octanol–water partition coefficient (Wildman–Crippen LogP) is 3.05. The van der Waals surface area contributed by atoms with Crippen LogP contribution in [0.3, 0.4) is 0 Å². The van der Waals surface area contributed by atoms with Crippen molar-refractivity contribution in [2.75, 3.05) is 7.11 Å². The molecule has 3 atom stereocenters. The minimum atomic E-state index is -0.898.